The third-order valence-corrected chi connectivity index (χ3v) is 5.52. The Balaban J connectivity index is 1.58. The average molecular weight is 403 g/mol. The molecule has 0 bridgehead atoms. The van der Waals surface area contributed by atoms with Gasteiger partial charge in [-0.25, -0.2) is 4.98 Å². The van der Waals surface area contributed by atoms with Crippen molar-refractivity contribution in [3.05, 3.63) is 58.1 Å². The molecule has 3 N–H and O–H groups in total. The summed E-state index contributed by atoms with van der Waals surface area (Å²) in [5.41, 5.74) is 1.88. The van der Waals surface area contributed by atoms with Gasteiger partial charge >= 0.3 is 0 Å². The summed E-state index contributed by atoms with van der Waals surface area (Å²) in [5.74, 6) is 1.33. The molecule has 1 aliphatic carbocycles. The molecular formula is C20H20Cl2N4O. The fraction of sp³-hybridized carbons (Fsp3) is 0.300. The van der Waals surface area contributed by atoms with Crippen LogP contribution in [0.4, 0.5) is 11.8 Å². The fourth-order valence-electron chi connectivity index (χ4n) is 3.38. The van der Waals surface area contributed by atoms with Gasteiger partial charge in [0.25, 0.3) is 0 Å². The maximum atomic E-state index is 9.74. The van der Waals surface area contributed by atoms with Gasteiger partial charge in [0.15, 0.2) is 0 Å². The van der Waals surface area contributed by atoms with E-state index in [0.717, 1.165) is 41.5 Å². The average Bonchev–Trinajstić information content (AvgIpc) is 3.07. The molecule has 2 atom stereocenters. The molecule has 2 aromatic carbocycles. The summed E-state index contributed by atoms with van der Waals surface area (Å²) in [5, 5.41) is 18.5. The number of aliphatic hydroxyl groups is 1. The lowest BCUT2D eigenvalue weighted by atomic mass is 10.2. The van der Waals surface area contributed by atoms with Gasteiger partial charge in [0.2, 0.25) is 5.95 Å². The van der Waals surface area contributed by atoms with Crippen LogP contribution in [-0.2, 0) is 6.54 Å². The van der Waals surface area contributed by atoms with Crippen molar-refractivity contribution >= 4 is 45.9 Å². The Bertz CT molecular complexity index is 966. The van der Waals surface area contributed by atoms with Crippen LogP contribution in [0.1, 0.15) is 24.8 Å². The number of halogens is 2. The molecule has 1 aliphatic rings. The summed E-state index contributed by atoms with van der Waals surface area (Å²) in [6, 6.07) is 13.7. The minimum Gasteiger partial charge on any atom is -0.393 e. The lowest BCUT2D eigenvalue weighted by molar-refractivity contribution is 0.182. The second-order valence-corrected chi connectivity index (χ2v) is 7.64. The van der Waals surface area contributed by atoms with Crippen molar-refractivity contribution in [2.75, 3.05) is 10.6 Å². The van der Waals surface area contributed by atoms with E-state index in [1.165, 1.54) is 0 Å². The minimum absolute atomic E-state index is 0.198. The van der Waals surface area contributed by atoms with Crippen molar-refractivity contribution in [1.29, 1.82) is 0 Å². The number of aromatic nitrogens is 2. The van der Waals surface area contributed by atoms with Crippen molar-refractivity contribution in [3.8, 4) is 0 Å². The van der Waals surface area contributed by atoms with Crippen molar-refractivity contribution in [2.24, 2.45) is 0 Å². The van der Waals surface area contributed by atoms with E-state index in [-0.39, 0.29) is 12.1 Å². The first kappa shape index (κ1) is 18.3. The molecule has 5 nitrogen and oxygen atoms in total. The summed E-state index contributed by atoms with van der Waals surface area (Å²) >= 11 is 12.1. The van der Waals surface area contributed by atoms with Gasteiger partial charge in [-0.1, -0.05) is 41.4 Å². The number of benzene rings is 2. The van der Waals surface area contributed by atoms with E-state index in [9.17, 15) is 5.11 Å². The molecule has 4 rings (SSSR count). The molecule has 7 heteroatoms. The summed E-state index contributed by atoms with van der Waals surface area (Å²) in [7, 11) is 0. The van der Waals surface area contributed by atoms with Gasteiger partial charge in [0.1, 0.15) is 5.82 Å². The van der Waals surface area contributed by atoms with E-state index in [0.29, 0.717) is 22.5 Å². The van der Waals surface area contributed by atoms with Crippen molar-refractivity contribution in [2.45, 2.75) is 38.0 Å². The van der Waals surface area contributed by atoms with Crippen molar-refractivity contribution < 1.29 is 5.11 Å². The van der Waals surface area contributed by atoms with E-state index in [1.807, 2.05) is 36.4 Å². The van der Waals surface area contributed by atoms with E-state index in [2.05, 4.69) is 20.6 Å². The Labute approximate surface area is 167 Å². The highest BCUT2D eigenvalue weighted by Crippen LogP contribution is 2.27. The number of hydrogen-bond acceptors (Lipinski definition) is 5. The highest BCUT2D eigenvalue weighted by Gasteiger charge is 2.23. The van der Waals surface area contributed by atoms with Crippen LogP contribution in [0.2, 0.25) is 10.0 Å². The second kappa shape index (κ2) is 7.89. The minimum atomic E-state index is -0.241. The Hall–Kier alpha value is -2.08. The van der Waals surface area contributed by atoms with Crippen molar-refractivity contribution in [3.63, 3.8) is 0 Å². The van der Waals surface area contributed by atoms with Gasteiger partial charge in [0, 0.05) is 18.0 Å². The molecule has 0 saturated heterocycles. The number of hydrogen-bond donors (Lipinski definition) is 3. The zero-order valence-electron chi connectivity index (χ0n) is 14.6. The monoisotopic (exact) mass is 402 g/mol. The standard InChI is InChI=1S/C20H20Cl2N4O/c21-16-8-5-12(9-17(16)22)11-23-19-15-3-1-2-4-18(15)25-20(26-19)24-13-6-7-14(27)10-13/h1-5,8-9,13-14,27H,6-7,10-11H2,(H2,23,24,25,26)/t13-,14+/m1/s1. The first-order valence-corrected chi connectivity index (χ1v) is 9.73. The lowest BCUT2D eigenvalue weighted by Crippen LogP contribution is -2.19. The Morgan fingerprint density at radius 3 is 2.67 bits per heavy atom. The molecule has 0 aliphatic heterocycles. The predicted octanol–water partition coefficient (Wildman–Crippen LogP) is 4.87. The summed E-state index contributed by atoms with van der Waals surface area (Å²) in [6.45, 7) is 0.569. The molecule has 1 aromatic heterocycles. The summed E-state index contributed by atoms with van der Waals surface area (Å²) in [4.78, 5) is 9.29. The molecule has 140 valence electrons. The molecule has 3 aromatic rings. The molecule has 1 fully saturated rings. The van der Waals surface area contributed by atoms with Gasteiger partial charge in [-0.15, -0.1) is 0 Å². The molecule has 0 radical (unpaired) electrons. The number of para-hydroxylation sites is 1. The summed E-state index contributed by atoms with van der Waals surface area (Å²) in [6.07, 6.45) is 2.22. The highest BCUT2D eigenvalue weighted by atomic mass is 35.5. The molecule has 0 amide bonds. The third kappa shape index (κ3) is 4.26. The number of aliphatic hydroxyl groups excluding tert-OH is 1. The van der Waals surface area contributed by atoms with Gasteiger partial charge in [-0.05, 0) is 49.1 Å². The molecule has 0 spiro atoms. The second-order valence-electron chi connectivity index (χ2n) is 6.82. The first-order chi connectivity index (χ1) is 13.1. The first-order valence-electron chi connectivity index (χ1n) is 8.97. The topological polar surface area (TPSA) is 70.1 Å². The SMILES string of the molecule is O[C@H]1CC[C@@H](Nc2nc(NCc3ccc(Cl)c(Cl)c3)c3ccccc3n2)C1. The van der Waals surface area contributed by atoms with Crippen LogP contribution >= 0.6 is 23.2 Å². The van der Waals surface area contributed by atoms with Gasteiger partial charge in [-0.2, -0.15) is 4.98 Å². The number of rotatable bonds is 5. The fourth-order valence-corrected chi connectivity index (χ4v) is 3.70. The van der Waals surface area contributed by atoms with Crippen LogP contribution in [-0.4, -0.2) is 27.2 Å². The van der Waals surface area contributed by atoms with Crippen LogP contribution in [0.5, 0.6) is 0 Å². The zero-order chi connectivity index (χ0) is 18.8. The van der Waals surface area contributed by atoms with Gasteiger partial charge in [0.05, 0.1) is 21.7 Å². The van der Waals surface area contributed by atoms with E-state index in [1.54, 1.807) is 6.07 Å². The molecular weight excluding hydrogens is 383 g/mol. The normalized spacial score (nSPS) is 19.4. The van der Waals surface area contributed by atoms with E-state index >= 15 is 0 Å². The van der Waals surface area contributed by atoms with Crippen LogP contribution < -0.4 is 10.6 Å². The predicted molar refractivity (Wildman–Crippen MR) is 111 cm³/mol. The molecule has 0 unspecified atom stereocenters. The van der Waals surface area contributed by atoms with E-state index in [4.69, 9.17) is 23.2 Å². The maximum absolute atomic E-state index is 9.74. The Morgan fingerprint density at radius 1 is 1.04 bits per heavy atom. The number of nitrogens with zero attached hydrogens (tertiary/aromatic N) is 2. The zero-order valence-corrected chi connectivity index (χ0v) is 16.1. The Kier molecular flexibility index (Phi) is 5.34. The van der Waals surface area contributed by atoms with Crippen LogP contribution in [0.25, 0.3) is 10.9 Å². The van der Waals surface area contributed by atoms with E-state index < -0.39 is 0 Å². The van der Waals surface area contributed by atoms with Crippen LogP contribution in [0.3, 0.4) is 0 Å². The summed E-state index contributed by atoms with van der Waals surface area (Å²) < 4.78 is 0. The molecule has 27 heavy (non-hydrogen) atoms. The van der Waals surface area contributed by atoms with Crippen molar-refractivity contribution in [1.82, 2.24) is 9.97 Å². The largest absolute Gasteiger partial charge is 0.393 e. The number of fused-ring (bicyclic) bond motifs is 1. The molecule has 1 heterocycles. The lowest BCUT2D eigenvalue weighted by Gasteiger charge is -2.15. The van der Waals surface area contributed by atoms with Gasteiger partial charge in [-0.3, -0.25) is 0 Å². The number of nitrogens with one attached hydrogen (secondary N) is 2. The third-order valence-electron chi connectivity index (χ3n) is 4.79. The highest BCUT2D eigenvalue weighted by molar-refractivity contribution is 6.42. The van der Waals surface area contributed by atoms with Crippen LogP contribution in [0.15, 0.2) is 42.5 Å². The smallest absolute Gasteiger partial charge is 0.225 e. The maximum Gasteiger partial charge on any atom is 0.225 e. The quantitative estimate of drug-likeness (QED) is 0.567. The molecule has 1 saturated carbocycles. The number of anilines is 2. The van der Waals surface area contributed by atoms with Gasteiger partial charge < -0.3 is 15.7 Å². The van der Waals surface area contributed by atoms with Crippen LogP contribution in [0, 0.1) is 0 Å². The Morgan fingerprint density at radius 2 is 1.89 bits per heavy atom.